The Labute approximate surface area is 135 Å². The molecule has 0 saturated carbocycles. The summed E-state index contributed by atoms with van der Waals surface area (Å²) in [6.07, 6.45) is 1.85. The first-order valence-electron chi connectivity index (χ1n) is 6.50. The molecule has 0 amide bonds. The molecule has 0 spiro atoms. The second-order valence-electron chi connectivity index (χ2n) is 4.60. The molecule has 0 aliphatic carbocycles. The molecule has 0 fully saturated rings. The minimum atomic E-state index is -3.34. The summed E-state index contributed by atoms with van der Waals surface area (Å²) in [5.74, 6) is 0.508. The van der Waals surface area contributed by atoms with Crippen molar-refractivity contribution in [3.05, 3.63) is 24.3 Å². The van der Waals surface area contributed by atoms with Gasteiger partial charge in [0.1, 0.15) is 0 Å². The van der Waals surface area contributed by atoms with Crippen molar-refractivity contribution in [1.82, 2.24) is 4.72 Å². The van der Waals surface area contributed by atoms with E-state index in [0.29, 0.717) is 11.4 Å². The fourth-order valence-electron chi connectivity index (χ4n) is 1.69. The zero-order valence-electron chi connectivity index (χ0n) is 12.2. The first-order chi connectivity index (χ1) is 9.88. The average Bonchev–Trinajstić information content (AvgIpc) is 2.41. The molecule has 0 aliphatic rings. The first kappa shape index (κ1) is 18.6. The Morgan fingerprint density at radius 1 is 1.33 bits per heavy atom. The number of sulfonamides is 1. The summed E-state index contributed by atoms with van der Waals surface area (Å²) >= 11 is 2.92. The van der Waals surface area contributed by atoms with E-state index in [0.717, 1.165) is 4.90 Å². The van der Waals surface area contributed by atoms with Gasteiger partial charge in [-0.1, -0.05) is 0 Å². The molecule has 0 bridgehead atoms. The summed E-state index contributed by atoms with van der Waals surface area (Å²) in [4.78, 5) is 0.991. The molecule has 8 heteroatoms. The van der Waals surface area contributed by atoms with Gasteiger partial charge in [0.05, 0.1) is 12.4 Å². The molecule has 0 aliphatic heterocycles. The van der Waals surface area contributed by atoms with Crippen molar-refractivity contribution in [2.75, 3.05) is 30.1 Å². The van der Waals surface area contributed by atoms with Crippen LogP contribution in [-0.2, 0) is 10.0 Å². The molecule has 4 N–H and O–H groups in total. The van der Waals surface area contributed by atoms with Crippen LogP contribution >= 0.6 is 23.5 Å². The summed E-state index contributed by atoms with van der Waals surface area (Å²) in [6, 6.07) is 7.04. The maximum absolute atomic E-state index is 12.0. The van der Waals surface area contributed by atoms with Gasteiger partial charge in [-0.3, -0.25) is 0 Å². The number of rotatable bonds is 9. The lowest BCUT2D eigenvalue weighted by Gasteiger charge is -2.21. The van der Waals surface area contributed by atoms with Gasteiger partial charge in [-0.05, 0) is 37.4 Å². The van der Waals surface area contributed by atoms with Crippen molar-refractivity contribution in [2.24, 2.45) is 0 Å². The van der Waals surface area contributed by atoms with Gasteiger partial charge in [0.2, 0.25) is 10.0 Å². The van der Waals surface area contributed by atoms with Gasteiger partial charge >= 0.3 is 0 Å². The lowest BCUT2D eigenvalue weighted by atomic mass is 10.3. The third-order valence-electron chi connectivity index (χ3n) is 2.91. The minimum absolute atomic E-state index is 0.0406. The first-order valence-corrected chi connectivity index (χ1v) is 10.4. The van der Waals surface area contributed by atoms with Gasteiger partial charge < -0.3 is 10.8 Å². The van der Waals surface area contributed by atoms with E-state index in [1.165, 1.54) is 23.5 Å². The number of hydrogen-bond acceptors (Lipinski definition) is 6. The number of aliphatic hydroxyl groups excluding tert-OH is 1. The lowest BCUT2D eigenvalue weighted by molar-refractivity contribution is 0.282. The number of nitrogen functional groups attached to an aromatic ring is 1. The smallest absolute Gasteiger partial charge is 0.212 e. The zero-order chi connectivity index (χ0) is 15.9. The van der Waals surface area contributed by atoms with E-state index < -0.39 is 10.0 Å². The van der Waals surface area contributed by atoms with Crippen LogP contribution in [0.5, 0.6) is 0 Å². The lowest BCUT2D eigenvalue weighted by Crippen LogP contribution is -2.42. The minimum Gasteiger partial charge on any atom is -0.399 e. The molecule has 5 nitrogen and oxygen atoms in total. The Morgan fingerprint density at radius 3 is 2.48 bits per heavy atom. The monoisotopic (exact) mass is 350 g/mol. The largest absolute Gasteiger partial charge is 0.399 e. The van der Waals surface area contributed by atoms with Crippen LogP contribution in [0.15, 0.2) is 29.2 Å². The number of benzene rings is 1. The van der Waals surface area contributed by atoms with Crippen LogP contribution < -0.4 is 10.5 Å². The number of aliphatic hydroxyl groups is 1. The van der Waals surface area contributed by atoms with E-state index in [1.807, 2.05) is 18.4 Å². The van der Waals surface area contributed by atoms with E-state index in [9.17, 15) is 13.5 Å². The average molecular weight is 351 g/mol. The van der Waals surface area contributed by atoms with E-state index in [-0.39, 0.29) is 23.7 Å². The summed E-state index contributed by atoms with van der Waals surface area (Å²) in [5, 5.41) is 9.04. The molecular weight excluding hydrogens is 328 g/mol. The molecular formula is C13H22N2O3S3. The van der Waals surface area contributed by atoms with Crippen molar-refractivity contribution < 1.29 is 13.5 Å². The standard InChI is InChI=1S/C13H22N2O3S3/c1-10(13(9-16)19-2)15-21(17,18)8-7-20-12-5-3-11(14)4-6-12/h3-6,10,13,15-16H,7-9,14H2,1-2H3. The number of hydrogen-bond donors (Lipinski definition) is 3. The highest BCUT2D eigenvalue weighted by Gasteiger charge is 2.21. The van der Waals surface area contributed by atoms with Gasteiger partial charge in [0, 0.05) is 27.6 Å². The predicted molar refractivity (Wildman–Crippen MR) is 92.4 cm³/mol. The molecule has 2 atom stereocenters. The van der Waals surface area contributed by atoms with Crippen LogP contribution in [0.3, 0.4) is 0 Å². The molecule has 0 heterocycles. The predicted octanol–water partition coefficient (Wildman–Crippen LogP) is 1.39. The maximum Gasteiger partial charge on any atom is 0.212 e. The fourth-order valence-corrected chi connectivity index (χ4v) is 5.02. The summed E-state index contributed by atoms with van der Waals surface area (Å²) < 4.78 is 26.6. The third-order valence-corrected chi connectivity index (χ3v) is 6.81. The highest BCUT2D eigenvalue weighted by molar-refractivity contribution is 8.00. The Kier molecular flexibility index (Phi) is 7.89. The number of nitrogens with one attached hydrogen (secondary N) is 1. The summed E-state index contributed by atoms with van der Waals surface area (Å²) in [6.45, 7) is 1.72. The SMILES string of the molecule is CSC(CO)C(C)NS(=O)(=O)CCSc1ccc(N)cc1. The molecule has 0 radical (unpaired) electrons. The molecule has 1 rings (SSSR count). The van der Waals surface area contributed by atoms with Crippen molar-refractivity contribution in [1.29, 1.82) is 0 Å². The van der Waals surface area contributed by atoms with Gasteiger partial charge in [-0.15, -0.1) is 11.8 Å². The van der Waals surface area contributed by atoms with E-state index in [4.69, 9.17) is 5.73 Å². The van der Waals surface area contributed by atoms with E-state index >= 15 is 0 Å². The third kappa shape index (κ3) is 6.92. The molecule has 21 heavy (non-hydrogen) atoms. The Hall–Kier alpha value is -0.410. The topological polar surface area (TPSA) is 92.4 Å². The normalized spacial score (nSPS) is 14.8. The van der Waals surface area contributed by atoms with Crippen LogP contribution in [-0.4, -0.2) is 49.2 Å². The Morgan fingerprint density at radius 2 is 1.95 bits per heavy atom. The van der Waals surface area contributed by atoms with Crippen LogP contribution in [0.2, 0.25) is 0 Å². The second-order valence-corrected chi connectivity index (χ2v) is 8.72. The van der Waals surface area contributed by atoms with E-state index in [2.05, 4.69) is 4.72 Å². The zero-order valence-corrected chi connectivity index (χ0v) is 14.6. The number of anilines is 1. The Balaban J connectivity index is 2.44. The van der Waals surface area contributed by atoms with Crippen LogP contribution in [0.25, 0.3) is 0 Å². The summed E-state index contributed by atoms with van der Waals surface area (Å²) in [5.41, 5.74) is 6.29. The van der Waals surface area contributed by atoms with Gasteiger partial charge in [0.15, 0.2) is 0 Å². The summed E-state index contributed by atoms with van der Waals surface area (Å²) in [7, 11) is -3.34. The molecule has 1 aromatic rings. The molecule has 0 aromatic heterocycles. The number of thioether (sulfide) groups is 2. The van der Waals surface area contributed by atoms with Crippen molar-refractivity contribution in [2.45, 2.75) is 23.1 Å². The highest BCUT2D eigenvalue weighted by atomic mass is 32.2. The van der Waals surface area contributed by atoms with Crippen LogP contribution in [0.4, 0.5) is 5.69 Å². The van der Waals surface area contributed by atoms with Gasteiger partial charge in [0.25, 0.3) is 0 Å². The van der Waals surface area contributed by atoms with Crippen molar-refractivity contribution >= 4 is 39.2 Å². The van der Waals surface area contributed by atoms with Crippen molar-refractivity contribution in [3.63, 3.8) is 0 Å². The second kappa shape index (κ2) is 8.89. The van der Waals surface area contributed by atoms with Crippen LogP contribution in [0, 0.1) is 0 Å². The molecule has 120 valence electrons. The van der Waals surface area contributed by atoms with Gasteiger partial charge in [-0.25, -0.2) is 13.1 Å². The highest BCUT2D eigenvalue weighted by Crippen LogP contribution is 2.19. The molecule has 2 unspecified atom stereocenters. The molecule has 0 saturated heterocycles. The number of nitrogens with two attached hydrogens (primary N) is 1. The molecule has 1 aromatic carbocycles. The van der Waals surface area contributed by atoms with Crippen LogP contribution in [0.1, 0.15) is 6.92 Å². The Bertz CT molecular complexity index is 516. The fraction of sp³-hybridized carbons (Fsp3) is 0.538. The van der Waals surface area contributed by atoms with E-state index in [1.54, 1.807) is 19.1 Å². The quantitative estimate of drug-likeness (QED) is 0.460. The van der Waals surface area contributed by atoms with Gasteiger partial charge in [-0.2, -0.15) is 11.8 Å². The van der Waals surface area contributed by atoms with Crippen molar-refractivity contribution in [3.8, 4) is 0 Å². The maximum atomic E-state index is 12.0.